The van der Waals surface area contributed by atoms with Crippen molar-refractivity contribution in [2.24, 2.45) is 0 Å². The summed E-state index contributed by atoms with van der Waals surface area (Å²) in [4.78, 5) is 7.84. The number of H-pyrrole nitrogens is 1. The summed E-state index contributed by atoms with van der Waals surface area (Å²) in [5.41, 5.74) is 1.89. The predicted octanol–water partition coefficient (Wildman–Crippen LogP) is 2.59. The number of hydrogen-bond acceptors (Lipinski definition) is 3. The number of hydrogen-bond donors (Lipinski definition) is 1. The maximum absolute atomic E-state index is 12.8. The number of aromatic amines is 1. The second-order valence-electron chi connectivity index (χ2n) is 5.92. The number of sulfonamides is 1. The average Bonchev–Trinajstić information content (AvgIpc) is 3.01. The third-order valence-corrected chi connectivity index (χ3v) is 6.37. The lowest BCUT2D eigenvalue weighted by molar-refractivity contribution is 0.314. The molecule has 0 atom stereocenters. The molecular formula is C16H21N3O2S. The molecule has 0 bridgehead atoms. The van der Waals surface area contributed by atoms with Crippen molar-refractivity contribution in [2.75, 3.05) is 13.1 Å². The third-order valence-electron chi connectivity index (χ3n) is 4.31. The van der Waals surface area contributed by atoms with Gasteiger partial charge in [-0.3, -0.25) is 0 Å². The van der Waals surface area contributed by atoms with Crippen LogP contribution in [0.15, 0.2) is 35.5 Å². The van der Waals surface area contributed by atoms with Crippen LogP contribution in [-0.4, -0.2) is 35.8 Å². The van der Waals surface area contributed by atoms with E-state index >= 15 is 0 Å². The van der Waals surface area contributed by atoms with Gasteiger partial charge in [-0.05, 0) is 38.3 Å². The quantitative estimate of drug-likeness (QED) is 0.945. The van der Waals surface area contributed by atoms with E-state index in [1.54, 1.807) is 16.6 Å². The van der Waals surface area contributed by atoms with Gasteiger partial charge in [-0.2, -0.15) is 4.31 Å². The van der Waals surface area contributed by atoms with Gasteiger partial charge in [0.25, 0.3) is 0 Å². The highest BCUT2D eigenvalue weighted by atomic mass is 32.2. The standard InChI is InChI=1S/C16H21N3O2S/c1-12-3-4-15(13(2)11-12)22(20,21)19-9-5-14(6-10-19)16-17-7-8-18-16/h3-4,7-8,11,14H,5-6,9-10H2,1-2H3,(H,17,18). The summed E-state index contributed by atoms with van der Waals surface area (Å²) >= 11 is 0. The Morgan fingerprint density at radius 1 is 1.23 bits per heavy atom. The van der Waals surface area contributed by atoms with E-state index in [9.17, 15) is 8.42 Å². The van der Waals surface area contributed by atoms with E-state index in [1.807, 2.05) is 32.2 Å². The highest BCUT2D eigenvalue weighted by molar-refractivity contribution is 7.89. The van der Waals surface area contributed by atoms with Gasteiger partial charge in [0.15, 0.2) is 0 Å². The van der Waals surface area contributed by atoms with Crippen LogP contribution in [0.25, 0.3) is 0 Å². The third kappa shape index (κ3) is 2.80. The van der Waals surface area contributed by atoms with Gasteiger partial charge in [-0.25, -0.2) is 13.4 Å². The Morgan fingerprint density at radius 2 is 1.95 bits per heavy atom. The smallest absolute Gasteiger partial charge is 0.243 e. The van der Waals surface area contributed by atoms with Crippen molar-refractivity contribution in [1.29, 1.82) is 0 Å². The molecule has 22 heavy (non-hydrogen) atoms. The van der Waals surface area contributed by atoms with Gasteiger partial charge in [0, 0.05) is 31.4 Å². The van der Waals surface area contributed by atoms with Gasteiger partial charge < -0.3 is 4.98 Å². The minimum absolute atomic E-state index is 0.320. The van der Waals surface area contributed by atoms with Crippen LogP contribution in [0, 0.1) is 13.8 Å². The van der Waals surface area contributed by atoms with Gasteiger partial charge in [0.2, 0.25) is 10.0 Å². The zero-order valence-corrected chi connectivity index (χ0v) is 13.7. The SMILES string of the molecule is Cc1ccc(S(=O)(=O)N2CCC(c3ncc[nH]3)CC2)c(C)c1. The van der Waals surface area contributed by atoms with Gasteiger partial charge in [0.05, 0.1) is 4.90 Å². The lowest BCUT2D eigenvalue weighted by Gasteiger charge is -2.30. The monoisotopic (exact) mass is 319 g/mol. The average molecular weight is 319 g/mol. The number of nitrogens with one attached hydrogen (secondary N) is 1. The summed E-state index contributed by atoms with van der Waals surface area (Å²) in [6.45, 7) is 4.91. The fourth-order valence-electron chi connectivity index (χ4n) is 3.10. The fraction of sp³-hybridized carbons (Fsp3) is 0.438. The molecule has 0 radical (unpaired) electrons. The molecule has 0 amide bonds. The minimum Gasteiger partial charge on any atom is -0.348 e. The predicted molar refractivity (Wildman–Crippen MR) is 85.2 cm³/mol. The van der Waals surface area contributed by atoms with Gasteiger partial charge >= 0.3 is 0 Å². The maximum atomic E-state index is 12.8. The molecule has 1 fully saturated rings. The Morgan fingerprint density at radius 3 is 2.55 bits per heavy atom. The second-order valence-corrected chi connectivity index (χ2v) is 7.83. The zero-order chi connectivity index (χ0) is 15.7. The first-order valence-electron chi connectivity index (χ1n) is 7.55. The first-order chi connectivity index (χ1) is 10.5. The molecule has 118 valence electrons. The molecule has 1 N–H and O–H groups in total. The summed E-state index contributed by atoms with van der Waals surface area (Å²) in [6.07, 6.45) is 5.16. The Labute approximate surface area is 131 Å². The summed E-state index contributed by atoms with van der Waals surface area (Å²) in [5.74, 6) is 1.28. The Hall–Kier alpha value is -1.66. The number of benzene rings is 1. The van der Waals surface area contributed by atoms with E-state index in [-0.39, 0.29) is 0 Å². The van der Waals surface area contributed by atoms with E-state index in [0.717, 1.165) is 29.8 Å². The number of nitrogens with zero attached hydrogens (tertiary/aromatic N) is 2. The highest BCUT2D eigenvalue weighted by Gasteiger charge is 2.31. The number of imidazole rings is 1. The van der Waals surface area contributed by atoms with Crippen molar-refractivity contribution in [3.63, 3.8) is 0 Å². The van der Waals surface area contributed by atoms with E-state index in [1.165, 1.54) is 0 Å². The first kappa shape index (κ1) is 15.2. The molecule has 0 spiro atoms. The highest BCUT2D eigenvalue weighted by Crippen LogP contribution is 2.29. The first-order valence-corrected chi connectivity index (χ1v) is 8.99. The molecule has 0 unspecified atom stereocenters. The molecule has 2 heterocycles. The van der Waals surface area contributed by atoms with Crippen LogP contribution in [-0.2, 0) is 10.0 Å². The molecule has 1 aromatic heterocycles. The van der Waals surface area contributed by atoms with Crippen molar-refractivity contribution in [3.05, 3.63) is 47.5 Å². The van der Waals surface area contributed by atoms with Gasteiger partial charge in [-0.15, -0.1) is 0 Å². The van der Waals surface area contributed by atoms with Crippen LogP contribution in [0.3, 0.4) is 0 Å². The molecule has 6 heteroatoms. The van der Waals surface area contributed by atoms with E-state index in [4.69, 9.17) is 0 Å². The minimum atomic E-state index is -3.40. The van der Waals surface area contributed by atoms with Crippen LogP contribution >= 0.6 is 0 Å². The van der Waals surface area contributed by atoms with Crippen LogP contribution in [0.4, 0.5) is 0 Å². The van der Waals surface area contributed by atoms with E-state index < -0.39 is 10.0 Å². The molecular weight excluding hydrogens is 298 g/mol. The zero-order valence-electron chi connectivity index (χ0n) is 12.9. The van der Waals surface area contributed by atoms with E-state index in [0.29, 0.717) is 23.9 Å². The van der Waals surface area contributed by atoms with Crippen molar-refractivity contribution in [3.8, 4) is 0 Å². The summed E-state index contributed by atoms with van der Waals surface area (Å²) in [7, 11) is -3.40. The number of piperidine rings is 1. The Balaban J connectivity index is 1.77. The maximum Gasteiger partial charge on any atom is 0.243 e. The molecule has 1 aliphatic rings. The topological polar surface area (TPSA) is 66.1 Å². The van der Waals surface area contributed by atoms with Crippen molar-refractivity contribution >= 4 is 10.0 Å². The van der Waals surface area contributed by atoms with Crippen LogP contribution in [0.5, 0.6) is 0 Å². The number of rotatable bonds is 3. The summed E-state index contributed by atoms with van der Waals surface area (Å²) in [6, 6.07) is 5.50. The second kappa shape index (κ2) is 5.85. The number of aromatic nitrogens is 2. The number of aryl methyl sites for hydroxylation is 2. The van der Waals surface area contributed by atoms with Crippen LogP contribution in [0.1, 0.15) is 35.7 Å². The fourth-order valence-corrected chi connectivity index (χ4v) is 4.77. The summed E-state index contributed by atoms with van der Waals surface area (Å²) < 4.78 is 27.2. The molecule has 0 aliphatic carbocycles. The molecule has 3 rings (SSSR count). The van der Waals surface area contributed by atoms with Crippen LogP contribution < -0.4 is 0 Å². The molecule has 5 nitrogen and oxygen atoms in total. The van der Waals surface area contributed by atoms with Crippen molar-refractivity contribution in [1.82, 2.24) is 14.3 Å². The lowest BCUT2D eigenvalue weighted by atomic mass is 9.98. The van der Waals surface area contributed by atoms with Crippen molar-refractivity contribution < 1.29 is 8.42 Å². The lowest BCUT2D eigenvalue weighted by Crippen LogP contribution is -2.38. The van der Waals surface area contributed by atoms with E-state index in [2.05, 4.69) is 9.97 Å². The molecule has 1 aromatic carbocycles. The normalized spacial score (nSPS) is 17.7. The van der Waals surface area contributed by atoms with Crippen molar-refractivity contribution in [2.45, 2.75) is 37.5 Å². The molecule has 2 aromatic rings. The Kier molecular flexibility index (Phi) is 4.06. The van der Waals surface area contributed by atoms with Crippen LogP contribution in [0.2, 0.25) is 0 Å². The van der Waals surface area contributed by atoms with Gasteiger partial charge in [0.1, 0.15) is 5.82 Å². The summed E-state index contributed by atoms with van der Waals surface area (Å²) in [5, 5.41) is 0. The Bertz CT molecular complexity index is 746. The largest absolute Gasteiger partial charge is 0.348 e. The molecule has 0 saturated carbocycles. The molecule has 1 saturated heterocycles. The molecule has 1 aliphatic heterocycles. The van der Waals surface area contributed by atoms with Gasteiger partial charge in [-0.1, -0.05) is 17.7 Å².